The molecule has 1 N–H and O–H groups in total. The van der Waals surface area contributed by atoms with Crippen molar-refractivity contribution >= 4 is 17.6 Å². The molecule has 1 fully saturated rings. The Balaban J connectivity index is 1.71. The molecule has 19 heavy (non-hydrogen) atoms. The van der Waals surface area contributed by atoms with E-state index in [0.717, 1.165) is 25.8 Å². The first-order valence-electron chi connectivity index (χ1n) is 7.13. The molecule has 0 spiro atoms. The minimum absolute atomic E-state index is 0.0346. The zero-order valence-corrected chi connectivity index (χ0v) is 12.4. The first-order valence-corrected chi connectivity index (χ1v) is 8.52. The van der Waals surface area contributed by atoms with Crippen LogP contribution in [0.1, 0.15) is 44.6 Å². The number of hydrogen-bond acceptors (Lipinski definition) is 4. The van der Waals surface area contributed by atoms with Gasteiger partial charge in [0.2, 0.25) is 0 Å². The molecule has 1 aliphatic rings. The van der Waals surface area contributed by atoms with Gasteiger partial charge in [-0.05, 0) is 37.7 Å². The fraction of sp³-hybridized carbons (Fsp3) is 0.714. The lowest BCUT2D eigenvalue weighted by atomic mass is 10.2. The monoisotopic (exact) mass is 281 g/mol. The second-order valence-corrected chi connectivity index (χ2v) is 6.04. The molecule has 106 valence electrons. The van der Waals surface area contributed by atoms with E-state index in [0.29, 0.717) is 11.9 Å². The molecule has 0 aromatic carbocycles. The Bertz CT molecular complexity index is 443. The summed E-state index contributed by atoms with van der Waals surface area (Å²) in [5, 5.41) is 3.18. The van der Waals surface area contributed by atoms with Gasteiger partial charge in [-0.3, -0.25) is 4.79 Å². The van der Waals surface area contributed by atoms with Gasteiger partial charge in [-0.25, -0.2) is 4.98 Å². The molecule has 0 amide bonds. The quantitative estimate of drug-likeness (QED) is 0.707. The summed E-state index contributed by atoms with van der Waals surface area (Å²) in [5.74, 6) is 1.76. The molecule has 1 aromatic rings. The van der Waals surface area contributed by atoms with E-state index in [1.54, 1.807) is 12.4 Å². The summed E-state index contributed by atoms with van der Waals surface area (Å²) in [4.78, 5) is 16.2. The van der Waals surface area contributed by atoms with Crippen LogP contribution in [0, 0.1) is 0 Å². The van der Waals surface area contributed by atoms with Gasteiger partial charge in [0.15, 0.2) is 5.82 Å². The lowest BCUT2D eigenvalue weighted by molar-refractivity contribution is 0.680. The largest absolute Gasteiger partial charge is 0.365 e. The van der Waals surface area contributed by atoms with Crippen LogP contribution in [-0.2, 0) is 0 Å². The summed E-state index contributed by atoms with van der Waals surface area (Å²) in [5.41, 5.74) is 0.0346. The van der Waals surface area contributed by atoms with Gasteiger partial charge in [0.05, 0.1) is 0 Å². The second-order valence-electron chi connectivity index (χ2n) is 5.05. The molecule has 0 radical (unpaired) electrons. The Labute approximate surface area is 119 Å². The minimum atomic E-state index is 0.0346. The van der Waals surface area contributed by atoms with E-state index in [-0.39, 0.29) is 5.56 Å². The highest BCUT2D eigenvalue weighted by atomic mass is 32.2. The Morgan fingerprint density at radius 1 is 1.37 bits per heavy atom. The number of aromatic nitrogens is 2. The van der Waals surface area contributed by atoms with Gasteiger partial charge in [-0.15, -0.1) is 0 Å². The van der Waals surface area contributed by atoms with E-state index in [4.69, 9.17) is 0 Å². The molecular formula is C14H23N3OS. The number of anilines is 1. The van der Waals surface area contributed by atoms with Crippen molar-refractivity contribution in [2.24, 2.45) is 0 Å². The third-order valence-corrected chi connectivity index (χ3v) is 4.07. The van der Waals surface area contributed by atoms with Crippen LogP contribution in [0.2, 0.25) is 0 Å². The average Bonchev–Trinajstić information content (AvgIpc) is 3.24. The highest BCUT2D eigenvalue weighted by Gasteiger charge is 2.25. The van der Waals surface area contributed by atoms with E-state index in [1.165, 1.54) is 25.0 Å². The van der Waals surface area contributed by atoms with Crippen molar-refractivity contribution in [3.05, 3.63) is 22.7 Å². The Morgan fingerprint density at radius 2 is 2.16 bits per heavy atom. The number of nitrogens with zero attached hydrogens (tertiary/aromatic N) is 2. The minimum Gasteiger partial charge on any atom is -0.365 e. The molecule has 2 rings (SSSR count). The number of rotatable bonds is 9. The lowest BCUT2D eigenvalue weighted by Gasteiger charge is -2.08. The maximum absolute atomic E-state index is 12.1. The van der Waals surface area contributed by atoms with E-state index in [1.807, 2.05) is 16.3 Å². The molecule has 0 saturated heterocycles. The Morgan fingerprint density at radius 3 is 2.89 bits per heavy atom. The smallest absolute Gasteiger partial charge is 0.293 e. The standard InChI is InChI=1S/C14H23N3OS/c1-19-11-5-3-2-4-8-15-13-14(18)17(10-9-16-13)12-6-7-12/h9-10,12H,2-8,11H2,1H3,(H,15,16). The first-order chi connectivity index (χ1) is 9.33. The SMILES string of the molecule is CSCCCCCCNc1nccn(C2CC2)c1=O. The number of unbranched alkanes of at least 4 members (excludes halogenated alkanes) is 3. The van der Waals surface area contributed by atoms with E-state index in [2.05, 4.69) is 16.6 Å². The van der Waals surface area contributed by atoms with Crippen LogP contribution in [0.4, 0.5) is 5.82 Å². The average molecular weight is 281 g/mol. The van der Waals surface area contributed by atoms with Crippen molar-refractivity contribution in [3.8, 4) is 0 Å². The molecule has 0 aliphatic heterocycles. The molecule has 1 aromatic heterocycles. The summed E-state index contributed by atoms with van der Waals surface area (Å²) < 4.78 is 1.81. The highest BCUT2D eigenvalue weighted by molar-refractivity contribution is 7.98. The highest BCUT2D eigenvalue weighted by Crippen LogP contribution is 2.33. The molecule has 1 aliphatic carbocycles. The van der Waals surface area contributed by atoms with E-state index in [9.17, 15) is 4.79 Å². The van der Waals surface area contributed by atoms with Crippen LogP contribution in [0.15, 0.2) is 17.2 Å². The van der Waals surface area contributed by atoms with Gasteiger partial charge in [0.25, 0.3) is 5.56 Å². The zero-order chi connectivity index (χ0) is 13.5. The molecule has 1 heterocycles. The van der Waals surface area contributed by atoms with Crippen LogP contribution < -0.4 is 10.9 Å². The topological polar surface area (TPSA) is 46.9 Å². The Kier molecular flexibility index (Phi) is 5.76. The summed E-state index contributed by atoms with van der Waals surface area (Å²) in [6.45, 7) is 0.843. The lowest BCUT2D eigenvalue weighted by Crippen LogP contribution is -2.24. The van der Waals surface area contributed by atoms with Crippen molar-refractivity contribution in [2.45, 2.75) is 44.6 Å². The van der Waals surface area contributed by atoms with Gasteiger partial charge < -0.3 is 9.88 Å². The van der Waals surface area contributed by atoms with Crippen LogP contribution in [0.3, 0.4) is 0 Å². The predicted molar refractivity (Wildman–Crippen MR) is 82.1 cm³/mol. The molecule has 0 bridgehead atoms. The molecule has 0 atom stereocenters. The van der Waals surface area contributed by atoms with Crippen molar-refractivity contribution in [3.63, 3.8) is 0 Å². The van der Waals surface area contributed by atoms with Crippen molar-refractivity contribution < 1.29 is 0 Å². The van der Waals surface area contributed by atoms with Gasteiger partial charge >= 0.3 is 0 Å². The predicted octanol–water partition coefficient (Wildman–Crippen LogP) is 2.91. The number of hydrogen-bond donors (Lipinski definition) is 1. The first kappa shape index (κ1) is 14.4. The van der Waals surface area contributed by atoms with Crippen LogP contribution in [0.25, 0.3) is 0 Å². The summed E-state index contributed by atoms with van der Waals surface area (Å²) in [6.07, 6.45) is 12.8. The summed E-state index contributed by atoms with van der Waals surface area (Å²) in [7, 11) is 0. The number of nitrogens with one attached hydrogen (secondary N) is 1. The Hall–Kier alpha value is -0.970. The molecule has 4 nitrogen and oxygen atoms in total. The van der Waals surface area contributed by atoms with Gasteiger partial charge in [0, 0.05) is 25.0 Å². The van der Waals surface area contributed by atoms with Crippen molar-refractivity contribution in [2.75, 3.05) is 23.9 Å². The molecule has 1 saturated carbocycles. The maximum atomic E-state index is 12.1. The van der Waals surface area contributed by atoms with Crippen LogP contribution in [0.5, 0.6) is 0 Å². The number of thioether (sulfide) groups is 1. The van der Waals surface area contributed by atoms with Crippen LogP contribution >= 0.6 is 11.8 Å². The van der Waals surface area contributed by atoms with Crippen LogP contribution in [-0.4, -0.2) is 28.1 Å². The van der Waals surface area contributed by atoms with Crippen molar-refractivity contribution in [1.29, 1.82) is 0 Å². The second kappa shape index (κ2) is 7.58. The molecule has 5 heteroatoms. The van der Waals surface area contributed by atoms with Crippen molar-refractivity contribution in [1.82, 2.24) is 9.55 Å². The van der Waals surface area contributed by atoms with E-state index >= 15 is 0 Å². The molecule has 0 unspecified atom stereocenters. The van der Waals surface area contributed by atoms with E-state index < -0.39 is 0 Å². The zero-order valence-electron chi connectivity index (χ0n) is 11.6. The molecular weight excluding hydrogens is 258 g/mol. The normalized spacial score (nSPS) is 14.6. The fourth-order valence-corrected chi connectivity index (χ4v) is 2.61. The fourth-order valence-electron chi connectivity index (χ4n) is 2.12. The van der Waals surface area contributed by atoms with Gasteiger partial charge in [-0.1, -0.05) is 12.8 Å². The maximum Gasteiger partial charge on any atom is 0.293 e. The summed E-state index contributed by atoms with van der Waals surface area (Å²) in [6, 6.07) is 0.419. The third-order valence-electron chi connectivity index (χ3n) is 3.38. The third kappa shape index (κ3) is 4.56. The summed E-state index contributed by atoms with van der Waals surface area (Å²) >= 11 is 1.90. The van der Waals surface area contributed by atoms with Gasteiger partial charge in [0.1, 0.15) is 0 Å². The van der Waals surface area contributed by atoms with Gasteiger partial charge in [-0.2, -0.15) is 11.8 Å².